The molecule has 2 rings (SSSR count). The molecule has 0 fully saturated rings. The van der Waals surface area contributed by atoms with Gasteiger partial charge in [-0.05, 0) is 41.5 Å². The second-order valence-corrected chi connectivity index (χ2v) is 4.16. The van der Waals surface area contributed by atoms with E-state index in [1.54, 1.807) is 14.2 Å². The van der Waals surface area contributed by atoms with Gasteiger partial charge in [0.05, 0.1) is 14.2 Å². The average Bonchev–Trinajstić information content (AvgIpc) is 2.47. The molecule has 0 aliphatic rings. The van der Waals surface area contributed by atoms with Crippen molar-refractivity contribution in [1.82, 2.24) is 0 Å². The molecule has 2 aromatic rings. The summed E-state index contributed by atoms with van der Waals surface area (Å²) in [5.41, 5.74) is 9.42. The third kappa shape index (κ3) is 2.71. The van der Waals surface area contributed by atoms with Crippen LogP contribution in [0.25, 0.3) is 5.57 Å². The highest BCUT2D eigenvalue weighted by molar-refractivity contribution is 5.84. The molecule has 0 bridgehead atoms. The summed E-state index contributed by atoms with van der Waals surface area (Å²) in [5.74, 6) is 1.58. The molecule has 0 spiro atoms. The van der Waals surface area contributed by atoms with Gasteiger partial charge in [0, 0.05) is 11.3 Å². The molecular formula is C16H17NO2. The maximum Gasteiger partial charge on any atom is 0.119 e. The normalized spacial score (nSPS) is 10.0. The van der Waals surface area contributed by atoms with Gasteiger partial charge in [0.2, 0.25) is 0 Å². The van der Waals surface area contributed by atoms with Gasteiger partial charge in [-0.3, -0.25) is 0 Å². The fourth-order valence-electron chi connectivity index (χ4n) is 1.87. The van der Waals surface area contributed by atoms with Crippen LogP contribution < -0.4 is 15.2 Å². The van der Waals surface area contributed by atoms with Crippen molar-refractivity contribution in [3.63, 3.8) is 0 Å². The first-order chi connectivity index (χ1) is 9.15. The summed E-state index contributed by atoms with van der Waals surface area (Å²) in [6.45, 7) is 4.11. The number of hydrogen-bond donors (Lipinski definition) is 1. The van der Waals surface area contributed by atoms with Gasteiger partial charge in [-0.1, -0.05) is 18.7 Å². The molecule has 2 N–H and O–H groups in total. The summed E-state index contributed by atoms with van der Waals surface area (Å²) in [7, 11) is 3.27. The second-order valence-electron chi connectivity index (χ2n) is 4.16. The number of anilines is 1. The molecule has 0 heterocycles. The Morgan fingerprint density at radius 2 is 1.53 bits per heavy atom. The molecule has 0 unspecified atom stereocenters. The van der Waals surface area contributed by atoms with Gasteiger partial charge >= 0.3 is 0 Å². The minimum absolute atomic E-state index is 0.682. The monoisotopic (exact) mass is 255 g/mol. The third-order valence-corrected chi connectivity index (χ3v) is 3.02. The van der Waals surface area contributed by atoms with E-state index in [2.05, 4.69) is 6.58 Å². The van der Waals surface area contributed by atoms with Crippen LogP contribution in [0.1, 0.15) is 11.1 Å². The van der Waals surface area contributed by atoms with E-state index in [1.165, 1.54) is 0 Å². The summed E-state index contributed by atoms with van der Waals surface area (Å²) in [5, 5.41) is 0. The van der Waals surface area contributed by atoms with Crippen LogP contribution in [0.15, 0.2) is 49.0 Å². The zero-order chi connectivity index (χ0) is 13.8. The molecule has 0 aromatic heterocycles. The van der Waals surface area contributed by atoms with Crippen LogP contribution in [0.4, 0.5) is 5.69 Å². The number of nitrogens with two attached hydrogens (primary N) is 1. The SMILES string of the molecule is C=C(c1ccc(OC)cc1)c1cc(OC)ccc1N. The van der Waals surface area contributed by atoms with Crippen LogP contribution in [0.3, 0.4) is 0 Å². The van der Waals surface area contributed by atoms with Crippen molar-refractivity contribution >= 4 is 11.3 Å². The highest BCUT2D eigenvalue weighted by Gasteiger charge is 2.08. The van der Waals surface area contributed by atoms with Crippen LogP contribution >= 0.6 is 0 Å². The Hall–Kier alpha value is -2.42. The number of rotatable bonds is 4. The number of ether oxygens (including phenoxy) is 2. The van der Waals surface area contributed by atoms with Gasteiger partial charge in [0.25, 0.3) is 0 Å². The molecule has 0 radical (unpaired) electrons. The van der Waals surface area contributed by atoms with Crippen LogP contribution in [0.5, 0.6) is 11.5 Å². The molecule has 0 aliphatic heterocycles. The lowest BCUT2D eigenvalue weighted by Crippen LogP contribution is -1.96. The maximum absolute atomic E-state index is 6.00. The van der Waals surface area contributed by atoms with E-state index in [0.29, 0.717) is 5.69 Å². The van der Waals surface area contributed by atoms with Crippen molar-refractivity contribution in [2.45, 2.75) is 0 Å². The van der Waals surface area contributed by atoms with Gasteiger partial charge in [-0.25, -0.2) is 0 Å². The minimum atomic E-state index is 0.682. The topological polar surface area (TPSA) is 44.5 Å². The lowest BCUT2D eigenvalue weighted by Gasteiger charge is -2.11. The Morgan fingerprint density at radius 3 is 2.11 bits per heavy atom. The Kier molecular flexibility index (Phi) is 3.76. The van der Waals surface area contributed by atoms with Crippen molar-refractivity contribution in [3.8, 4) is 11.5 Å². The number of methoxy groups -OCH3 is 2. The van der Waals surface area contributed by atoms with E-state index in [4.69, 9.17) is 15.2 Å². The van der Waals surface area contributed by atoms with Gasteiger partial charge in [0.15, 0.2) is 0 Å². The number of hydrogen-bond acceptors (Lipinski definition) is 3. The molecule has 3 nitrogen and oxygen atoms in total. The second kappa shape index (κ2) is 5.48. The Morgan fingerprint density at radius 1 is 0.947 bits per heavy atom. The zero-order valence-corrected chi connectivity index (χ0v) is 11.1. The quantitative estimate of drug-likeness (QED) is 0.852. The van der Waals surface area contributed by atoms with E-state index in [9.17, 15) is 0 Å². The summed E-state index contributed by atoms with van der Waals surface area (Å²) in [4.78, 5) is 0. The largest absolute Gasteiger partial charge is 0.497 e. The van der Waals surface area contributed by atoms with Gasteiger partial charge in [-0.2, -0.15) is 0 Å². The van der Waals surface area contributed by atoms with E-state index in [-0.39, 0.29) is 0 Å². The Balaban J connectivity index is 2.37. The molecule has 0 aliphatic carbocycles. The highest BCUT2D eigenvalue weighted by Crippen LogP contribution is 2.30. The Bertz CT molecular complexity index is 588. The smallest absolute Gasteiger partial charge is 0.119 e. The average molecular weight is 255 g/mol. The van der Waals surface area contributed by atoms with E-state index >= 15 is 0 Å². The van der Waals surface area contributed by atoms with Crippen LogP contribution in [-0.4, -0.2) is 14.2 Å². The fraction of sp³-hybridized carbons (Fsp3) is 0.125. The molecule has 3 heteroatoms. The van der Waals surface area contributed by atoms with Crippen molar-refractivity contribution < 1.29 is 9.47 Å². The molecule has 98 valence electrons. The molecule has 0 amide bonds. The van der Waals surface area contributed by atoms with Crippen LogP contribution in [-0.2, 0) is 0 Å². The van der Waals surface area contributed by atoms with E-state index in [1.807, 2.05) is 42.5 Å². The van der Waals surface area contributed by atoms with Crippen molar-refractivity contribution in [3.05, 3.63) is 60.2 Å². The molecule has 2 aromatic carbocycles. The summed E-state index contributed by atoms with van der Waals surface area (Å²) >= 11 is 0. The number of nitrogen functional groups attached to an aromatic ring is 1. The van der Waals surface area contributed by atoms with Crippen LogP contribution in [0.2, 0.25) is 0 Å². The maximum atomic E-state index is 6.00. The summed E-state index contributed by atoms with van der Waals surface area (Å²) in [6, 6.07) is 13.3. The van der Waals surface area contributed by atoms with Gasteiger partial charge in [-0.15, -0.1) is 0 Å². The third-order valence-electron chi connectivity index (χ3n) is 3.02. The first-order valence-corrected chi connectivity index (χ1v) is 5.93. The molecular weight excluding hydrogens is 238 g/mol. The predicted octanol–water partition coefficient (Wildman–Crippen LogP) is 3.35. The van der Waals surface area contributed by atoms with Crippen molar-refractivity contribution in [1.29, 1.82) is 0 Å². The highest BCUT2D eigenvalue weighted by atomic mass is 16.5. The molecule has 19 heavy (non-hydrogen) atoms. The van der Waals surface area contributed by atoms with E-state index in [0.717, 1.165) is 28.2 Å². The lowest BCUT2D eigenvalue weighted by molar-refractivity contribution is 0.414. The molecule has 0 saturated carbocycles. The Labute approximate surface area is 113 Å². The van der Waals surface area contributed by atoms with Crippen LogP contribution in [0, 0.1) is 0 Å². The minimum Gasteiger partial charge on any atom is -0.497 e. The number of benzene rings is 2. The molecule has 0 atom stereocenters. The lowest BCUT2D eigenvalue weighted by atomic mass is 9.98. The van der Waals surface area contributed by atoms with Crippen molar-refractivity contribution in [2.24, 2.45) is 0 Å². The fourth-order valence-corrected chi connectivity index (χ4v) is 1.87. The summed E-state index contributed by atoms with van der Waals surface area (Å²) < 4.78 is 10.4. The standard InChI is InChI=1S/C16H17NO2/c1-11(12-4-6-13(18-2)7-5-12)15-10-14(19-3)8-9-16(15)17/h4-10H,1,17H2,2-3H3. The van der Waals surface area contributed by atoms with Crippen molar-refractivity contribution in [2.75, 3.05) is 20.0 Å². The zero-order valence-electron chi connectivity index (χ0n) is 11.1. The molecule has 0 saturated heterocycles. The summed E-state index contributed by atoms with van der Waals surface area (Å²) in [6.07, 6.45) is 0. The van der Waals surface area contributed by atoms with Gasteiger partial charge < -0.3 is 15.2 Å². The van der Waals surface area contributed by atoms with E-state index < -0.39 is 0 Å². The first kappa shape index (κ1) is 13.0. The first-order valence-electron chi connectivity index (χ1n) is 5.93. The predicted molar refractivity (Wildman–Crippen MR) is 78.5 cm³/mol. The van der Waals surface area contributed by atoms with Gasteiger partial charge in [0.1, 0.15) is 11.5 Å².